The van der Waals surface area contributed by atoms with Crippen LogP contribution in [0, 0.1) is 19.8 Å². The molecule has 0 spiro atoms. The third-order valence-electron chi connectivity index (χ3n) is 5.52. The standard InChI is InChI=1S/C20H28N2O4S/c1-4-15-7-5-6-10-22(15)16(23)11-26-20(25)17-12(2)13(3)27-19(17)21-18(24)14-8-9-14/h14-15H,4-11H2,1-3H3,(H,21,24). The lowest BCUT2D eigenvalue weighted by Crippen LogP contribution is -2.45. The van der Waals surface area contributed by atoms with E-state index in [0.29, 0.717) is 10.6 Å². The van der Waals surface area contributed by atoms with Crippen LogP contribution in [-0.2, 0) is 14.3 Å². The highest BCUT2D eigenvalue weighted by atomic mass is 32.1. The number of amides is 2. The van der Waals surface area contributed by atoms with Gasteiger partial charge < -0.3 is 15.0 Å². The van der Waals surface area contributed by atoms with Gasteiger partial charge in [0.1, 0.15) is 5.00 Å². The molecule has 0 bridgehead atoms. The molecule has 1 atom stereocenters. The number of hydrogen-bond acceptors (Lipinski definition) is 5. The van der Waals surface area contributed by atoms with Gasteiger partial charge in [-0.2, -0.15) is 0 Å². The minimum Gasteiger partial charge on any atom is -0.452 e. The van der Waals surface area contributed by atoms with E-state index in [1.165, 1.54) is 11.3 Å². The Labute approximate surface area is 164 Å². The van der Waals surface area contributed by atoms with Crippen LogP contribution >= 0.6 is 11.3 Å². The number of hydrogen-bond donors (Lipinski definition) is 1. The van der Waals surface area contributed by atoms with Crippen molar-refractivity contribution in [3.63, 3.8) is 0 Å². The molecule has 2 amide bonds. The zero-order chi connectivity index (χ0) is 19.6. The summed E-state index contributed by atoms with van der Waals surface area (Å²) in [7, 11) is 0. The van der Waals surface area contributed by atoms with Gasteiger partial charge in [0.25, 0.3) is 5.91 Å². The number of nitrogens with one attached hydrogen (secondary N) is 1. The van der Waals surface area contributed by atoms with Crippen LogP contribution in [0.3, 0.4) is 0 Å². The van der Waals surface area contributed by atoms with E-state index in [9.17, 15) is 14.4 Å². The molecule has 1 saturated carbocycles. The SMILES string of the molecule is CCC1CCCCN1C(=O)COC(=O)c1c(NC(=O)C2CC2)sc(C)c1C. The number of aryl methyl sites for hydroxylation is 1. The summed E-state index contributed by atoms with van der Waals surface area (Å²) >= 11 is 1.38. The highest BCUT2D eigenvalue weighted by molar-refractivity contribution is 7.16. The quantitative estimate of drug-likeness (QED) is 0.750. The molecule has 27 heavy (non-hydrogen) atoms. The monoisotopic (exact) mass is 392 g/mol. The maximum Gasteiger partial charge on any atom is 0.341 e. The lowest BCUT2D eigenvalue weighted by atomic mass is 10.00. The molecular formula is C20H28N2O4S. The molecule has 0 radical (unpaired) electrons. The predicted molar refractivity (Wildman–Crippen MR) is 105 cm³/mol. The van der Waals surface area contributed by atoms with Crippen LogP contribution in [0.25, 0.3) is 0 Å². The first-order valence-corrected chi connectivity index (χ1v) is 10.6. The smallest absolute Gasteiger partial charge is 0.341 e. The van der Waals surface area contributed by atoms with Crippen LogP contribution in [-0.4, -0.2) is 41.9 Å². The minimum atomic E-state index is -0.540. The molecule has 2 fully saturated rings. The summed E-state index contributed by atoms with van der Waals surface area (Å²) in [6.07, 6.45) is 5.86. The van der Waals surface area contributed by atoms with Gasteiger partial charge in [-0.05, 0) is 57.9 Å². The molecule has 1 aromatic heterocycles. The normalized spacial score (nSPS) is 19.7. The Kier molecular flexibility index (Phi) is 6.19. The molecule has 1 unspecified atom stereocenters. The molecule has 1 aliphatic carbocycles. The second-order valence-corrected chi connectivity index (χ2v) is 8.70. The van der Waals surface area contributed by atoms with E-state index in [2.05, 4.69) is 12.2 Å². The van der Waals surface area contributed by atoms with Gasteiger partial charge in [-0.25, -0.2) is 4.79 Å². The van der Waals surface area contributed by atoms with Crippen molar-refractivity contribution >= 4 is 34.1 Å². The van der Waals surface area contributed by atoms with E-state index in [0.717, 1.165) is 55.5 Å². The van der Waals surface area contributed by atoms with Gasteiger partial charge in [0.15, 0.2) is 6.61 Å². The lowest BCUT2D eigenvalue weighted by Gasteiger charge is -2.35. The number of thiophene rings is 1. The highest BCUT2D eigenvalue weighted by Gasteiger charge is 2.32. The van der Waals surface area contributed by atoms with Crippen molar-refractivity contribution in [3.8, 4) is 0 Å². The molecule has 6 nitrogen and oxygen atoms in total. The maximum atomic E-state index is 12.7. The largest absolute Gasteiger partial charge is 0.452 e. The molecular weight excluding hydrogens is 364 g/mol. The summed E-state index contributed by atoms with van der Waals surface area (Å²) in [4.78, 5) is 40.1. The van der Waals surface area contributed by atoms with Crippen molar-refractivity contribution in [3.05, 3.63) is 16.0 Å². The number of likely N-dealkylation sites (tertiary alicyclic amines) is 1. The Morgan fingerprint density at radius 3 is 2.59 bits per heavy atom. The number of piperidine rings is 1. The first-order chi connectivity index (χ1) is 12.9. The van der Waals surface area contributed by atoms with Crippen LogP contribution in [0.5, 0.6) is 0 Å². The lowest BCUT2D eigenvalue weighted by molar-refractivity contribution is -0.138. The minimum absolute atomic E-state index is 0.0412. The Bertz CT molecular complexity index is 739. The van der Waals surface area contributed by atoms with E-state index in [4.69, 9.17) is 4.74 Å². The molecule has 1 aromatic rings. The molecule has 1 N–H and O–H groups in total. The van der Waals surface area contributed by atoms with E-state index in [1.54, 1.807) is 0 Å². The summed E-state index contributed by atoms with van der Waals surface area (Å²) in [5, 5.41) is 3.40. The number of rotatable bonds is 6. The third kappa shape index (κ3) is 4.51. The topological polar surface area (TPSA) is 75.7 Å². The van der Waals surface area contributed by atoms with Gasteiger partial charge in [-0.3, -0.25) is 9.59 Å². The number of anilines is 1. The molecule has 2 aliphatic rings. The number of carbonyl (C=O) groups is 3. The molecule has 3 rings (SSSR count). The average Bonchev–Trinajstić information content (AvgIpc) is 3.47. The summed E-state index contributed by atoms with van der Waals surface area (Å²) in [5.74, 6) is -0.659. The van der Waals surface area contributed by atoms with Gasteiger partial charge >= 0.3 is 5.97 Å². The van der Waals surface area contributed by atoms with Crippen molar-refractivity contribution in [1.82, 2.24) is 4.90 Å². The zero-order valence-electron chi connectivity index (χ0n) is 16.3. The Balaban J connectivity index is 1.65. The summed E-state index contributed by atoms with van der Waals surface area (Å²) in [6, 6.07) is 0.239. The van der Waals surface area contributed by atoms with Crippen molar-refractivity contribution in [1.29, 1.82) is 0 Å². The summed E-state index contributed by atoms with van der Waals surface area (Å²) < 4.78 is 5.35. The summed E-state index contributed by atoms with van der Waals surface area (Å²) in [5.41, 5.74) is 1.18. The van der Waals surface area contributed by atoms with Crippen molar-refractivity contribution in [2.24, 2.45) is 5.92 Å². The Hall–Kier alpha value is -1.89. The predicted octanol–water partition coefficient (Wildman–Crippen LogP) is 3.66. The number of nitrogens with zero attached hydrogens (tertiary/aromatic N) is 1. The van der Waals surface area contributed by atoms with E-state index in [1.807, 2.05) is 18.7 Å². The van der Waals surface area contributed by atoms with Crippen LogP contribution in [0.1, 0.15) is 66.2 Å². The van der Waals surface area contributed by atoms with Crippen molar-refractivity contribution in [2.45, 2.75) is 65.3 Å². The molecule has 1 aliphatic heterocycles. The maximum absolute atomic E-state index is 12.7. The Morgan fingerprint density at radius 1 is 1.19 bits per heavy atom. The number of carbonyl (C=O) groups excluding carboxylic acids is 3. The van der Waals surface area contributed by atoms with Crippen molar-refractivity contribution < 1.29 is 19.1 Å². The van der Waals surface area contributed by atoms with E-state index >= 15 is 0 Å². The fourth-order valence-electron chi connectivity index (χ4n) is 3.56. The fourth-order valence-corrected chi connectivity index (χ4v) is 4.61. The van der Waals surface area contributed by atoms with Gasteiger partial charge in [-0.1, -0.05) is 6.92 Å². The third-order valence-corrected chi connectivity index (χ3v) is 6.64. The molecule has 7 heteroatoms. The van der Waals surface area contributed by atoms with Gasteiger partial charge in [-0.15, -0.1) is 11.3 Å². The molecule has 0 aromatic carbocycles. The van der Waals surface area contributed by atoms with Gasteiger partial charge in [0.2, 0.25) is 5.91 Å². The zero-order valence-corrected chi connectivity index (χ0v) is 17.1. The second-order valence-electron chi connectivity index (χ2n) is 7.47. The molecule has 148 valence electrons. The second kappa shape index (κ2) is 8.42. The van der Waals surface area contributed by atoms with Gasteiger partial charge in [0, 0.05) is 23.4 Å². The summed E-state index contributed by atoms with van der Waals surface area (Å²) in [6.45, 7) is 6.31. The highest BCUT2D eigenvalue weighted by Crippen LogP contribution is 2.36. The van der Waals surface area contributed by atoms with Crippen LogP contribution in [0.4, 0.5) is 5.00 Å². The molecule has 2 heterocycles. The van der Waals surface area contributed by atoms with Crippen LogP contribution < -0.4 is 5.32 Å². The van der Waals surface area contributed by atoms with E-state index in [-0.39, 0.29) is 30.4 Å². The van der Waals surface area contributed by atoms with E-state index < -0.39 is 5.97 Å². The van der Waals surface area contributed by atoms with Crippen molar-refractivity contribution in [2.75, 3.05) is 18.5 Å². The molecule has 1 saturated heterocycles. The number of esters is 1. The Morgan fingerprint density at radius 2 is 1.93 bits per heavy atom. The van der Waals surface area contributed by atoms with Crippen LogP contribution in [0.15, 0.2) is 0 Å². The van der Waals surface area contributed by atoms with Gasteiger partial charge in [0.05, 0.1) is 5.56 Å². The first-order valence-electron chi connectivity index (χ1n) is 9.79. The van der Waals surface area contributed by atoms with Crippen LogP contribution in [0.2, 0.25) is 0 Å². The number of ether oxygens (including phenoxy) is 1. The average molecular weight is 393 g/mol. The first kappa shape index (κ1) is 19.9. The fraction of sp³-hybridized carbons (Fsp3) is 0.650.